The van der Waals surface area contributed by atoms with Crippen LogP contribution in [0, 0.1) is 11.3 Å². The summed E-state index contributed by atoms with van der Waals surface area (Å²) in [5, 5.41) is 18.6. The van der Waals surface area contributed by atoms with Crippen LogP contribution in [0.25, 0.3) is 22.0 Å². The second kappa shape index (κ2) is 6.91. The summed E-state index contributed by atoms with van der Waals surface area (Å²) in [4.78, 5) is 8.31. The van der Waals surface area contributed by atoms with Gasteiger partial charge in [-0.2, -0.15) is 5.26 Å². The van der Waals surface area contributed by atoms with Gasteiger partial charge in [-0.05, 0) is 6.07 Å². The lowest BCUT2D eigenvalue weighted by molar-refractivity contribution is 0.557. The zero-order valence-corrected chi connectivity index (χ0v) is 12.0. The molecule has 23 heavy (non-hydrogen) atoms. The van der Waals surface area contributed by atoms with Crippen LogP contribution in [-0.4, -0.2) is 20.2 Å². The molecule has 0 atom stereocenters. The number of nitrogens with zero attached hydrogens (tertiary/aromatic N) is 5. The molecule has 1 aromatic carbocycles. The molecule has 0 unspecified atom stereocenters. The van der Waals surface area contributed by atoms with Crippen LogP contribution in [0.1, 0.15) is 5.69 Å². The lowest BCUT2D eigenvalue weighted by Crippen LogP contribution is -1.76. The minimum atomic E-state index is 0.235. The normalized spacial score (nSPS) is 9.70. The summed E-state index contributed by atoms with van der Waals surface area (Å²) in [5.74, 6) is 0. The van der Waals surface area contributed by atoms with Crippen molar-refractivity contribution in [3.63, 3.8) is 0 Å². The van der Waals surface area contributed by atoms with E-state index in [1.165, 1.54) is 12.5 Å². The second-order valence-corrected chi connectivity index (χ2v) is 4.50. The van der Waals surface area contributed by atoms with Crippen molar-refractivity contribution in [1.82, 2.24) is 20.2 Å². The van der Waals surface area contributed by atoms with E-state index in [1.54, 1.807) is 30.9 Å². The molecule has 0 saturated heterocycles. The molecule has 0 radical (unpaired) electrons. The molecule has 1 aromatic rings. The molecule has 110 valence electrons. The molecular weight excluding hydrogens is 290 g/mol. The fraction of sp³-hybridized carbons (Fsp3) is 0. The van der Waals surface area contributed by atoms with Crippen LogP contribution in [-0.2, 0) is 0 Å². The standard InChI is InChI=1S/C17H11N5O/c18-9-16-15-5-6-19-7-8-23-12-14-4-2-1-3-13(14)10-20-11-17(15)22-21-16/h1-8,10-12H. The number of hydrogen-bond acceptors (Lipinski definition) is 6. The minimum absolute atomic E-state index is 0.235. The Hall–Kier alpha value is -3.59. The molecule has 2 heterocycles. The Kier molecular flexibility index (Phi) is 4.31. The maximum atomic E-state index is 9.08. The van der Waals surface area contributed by atoms with E-state index in [1.807, 2.05) is 30.3 Å². The van der Waals surface area contributed by atoms with Gasteiger partial charge >= 0.3 is 0 Å². The first-order valence-electron chi connectivity index (χ1n) is 6.77. The van der Waals surface area contributed by atoms with E-state index in [-0.39, 0.29) is 5.69 Å². The van der Waals surface area contributed by atoms with Crippen molar-refractivity contribution in [3.8, 4) is 17.3 Å². The summed E-state index contributed by atoms with van der Waals surface area (Å²) in [6.45, 7) is 0. The molecule has 0 bridgehead atoms. The van der Waals surface area contributed by atoms with Gasteiger partial charge in [0.05, 0.1) is 18.7 Å². The van der Waals surface area contributed by atoms with Crippen molar-refractivity contribution >= 4 is 10.8 Å². The average Bonchev–Trinajstić information content (AvgIpc) is 2.97. The summed E-state index contributed by atoms with van der Waals surface area (Å²) >= 11 is 0. The highest BCUT2D eigenvalue weighted by molar-refractivity contribution is 5.79. The highest BCUT2D eigenvalue weighted by Gasteiger charge is 2.09. The molecule has 2 aliphatic heterocycles. The van der Waals surface area contributed by atoms with Gasteiger partial charge in [0.1, 0.15) is 18.0 Å². The van der Waals surface area contributed by atoms with E-state index < -0.39 is 0 Å². The molecule has 2 aliphatic rings. The van der Waals surface area contributed by atoms with E-state index in [9.17, 15) is 0 Å². The van der Waals surface area contributed by atoms with Crippen molar-refractivity contribution < 1.29 is 4.42 Å². The van der Waals surface area contributed by atoms with E-state index in [4.69, 9.17) is 9.68 Å². The molecule has 0 N–H and O–H groups in total. The van der Waals surface area contributed by atoms with E-state index >= 15 is 0 Å². The minimum Gasteiger partial charge on any atom is -0.470 e. The maximum Gasteiger partial charge on any atom is 0.172 e. The van der Waals surface area contributed by atoms with Gasteiger partial charge in [0.25, 0.3) is 0 Å². The van der Waals surface area contributed by atoms with Crippen LogP contribution in [0.3, 0.4) is 0 Å². The largest absolute Gasteiger partial charge is 0.470 e. The number of nitriles is 1. The van der Waals surface area contributed by atoms with Crippen LogP contribution < -0.4 is 0 Å². The van der Waals surface area contributed by atoms with Gasteiger partial charge in [0.2, 0.25) is 0 Å². The monoisotopic (exact) mass is 301 g/mol. The predicted molar refractivity (Wildman–Crippen MR) is 84.0 cm³/mol. The third-order valence-corrected chi connectivity index (χ3v) is 3.05. The molecule has 0 amide bonds. The van der Waals surface area contributed by atoms with Gasteiger partial charge in [-0.25, -0.2) is 0 Å². The van der Waals surface area contributed by atoms with Crippen molar-refractivity contribution in [2.75, 3.05) is 0 Å². The molecule has 0 aliphatic carbocycles. The SMILES string of the molecule is N#Cc1nnc2cncc3ccccc3coccnccc1-2. The first-order valence-corrected chi connectivity index (χ1v) is 6.77. The highest BCUT2D eigenvalue weighted by atomic mass is 16.3. The van der Waals surface area contributed by atoms with Gasteiger partial charge in [-0.3, -0.25) is 9.97 Å². The van der Waals surface area contributed by atoms with Gasteiger partial charge in [-0.15, -0.1) is 10.2 Å². The topological polar surface area (TPSA) is 88.5 Å². The molecule has 6 nitrogen and oxygen atoms in total. The lowest BCUT2D eigenvalue weighted by Gasteiger charge is -1.90. The zero-order valence-electron chi connectivity index (χ0n) is 12.0. The third-order valence-electron chi connectivity index (χ3n) is 3.05. The van der Waals surface area contributed by atoms with Crippen molar-refractivity contribution in [2.45, 2.75) is 0 Å². The number of aromatic nitrogens is 4. The Morgan fingerprint density at radius 2 is 1.78 bits per heavy atom. The number of rotatable bonds is 0. The smallest absolute Gasteiger partial charge is 0.172 e. The summed E-state index contributed by atoms with van der Waals surface area (Å²) < 4.78 is 5.32. The second-order valence-electron chi connectivity index (χ2n) is 4.50. The van der Waals surface area contributed by atoms with Crippen molar-refractivity contribution in [2.24, 2.45) is 0 Å². The van der Waals surface area contributed by atoms with Crippen LogP contribution >= 0.6 is 0 Å². The fourth-order valence-electron chi connectivity index (χ4n) is 1.95. The first-order chi connectivity index (χ1) is 11.4. The molecule has 0 spiro atoms. The number of hydrogen-bond donors (Lipinski definition) is 0. The van der Waals surface area contributed by atoms with Crippen molar-refractivity contribution in [3.05, 3.63) is 73.3 Å². The quantitative estimate of drug-likeness (QED) is 0.633. The Morgan fingerprint density at radius 1 is 0.913 bits per heavy atom. The van der Waals surface area contributed by atoms with Crippen molar-refractivity contribution in [1.29, 1.82) is 5.26 Å². The first kappa shape index (κ1) is 14.4. The molecule has 0 fully saturated rings. The predicted octanol–water partition coefficient (Wildman–Crippen LogP) is 3.24. The Balaban J connectivity index is 2.27. The van der Waals surface area contributed by atoms with Crippen LogP contribution in [0.5, 0.6) is 0 Å². The molecule has 0 aromatic heterocycles. The summed E-state index contributed by atoms with van der Waals surface area (Å²) in [7, 11) is 0. The lowest BCUT2D eigenvalue weighted by atomic mass is 10.2. The van der Waals surface area contributed by atoms with Gasteiger partial charge in [0.15, 0.2) is 5.69 Å². The molecular formula is C17H11N5O. The Bertz CT molecular complexity index is 958. The third kappa shape index (κ3) is 3.36. The maximum absolute atomic E-state index is 9.08. The Labute approximate surface area is 132 Å². The molecule has 0 saturated carbocycles. The van der Waals surface area contributed by atoms with E-state index in [2.05, 4.69) is 20.2 Å². The summed E-state index contributed by atoms with van der Waals surface area (Å²) in [5.41, 5.74) is 1.33. The summed E-state index contributed by atoms with van der Waals surface area (Å²) in [6.07, 6.45) is 9.39. The highest BCUT2D eigenvalue weighted by Crippen LogP contribution is 2.18. The van der Waals surface area contributed by atoms with Gasteiger partial charge in [0, 0.05) is 28.7 Å². The zero-order chi connectivity index (χ0) is 15.9. The number of benzene rings is 1. The average molecular weight is 301 g/mol. The Morgan fingerprint density at radius 3 is 2.65 bits per heavy atom. The van der Waals surface area contributed by atoms with E-state index in [0.717, 1.165) is 10.8 Å². The molecule has 3 rings (SSSR count). The van der Waals surface area contributed by atoms with Gasteiger partial charge in [-0.1, -0.05) is 24.3 Å². The van der Waals surface area contributed by atoms with Gasteiger partial charge < -0.3 is 4.42 Å². The van der Waals surface area contributed by atoms with Crippen LogP contribution in [0.4, 0.5) is 0 Å². The van der Waals surface area contributed by atoms with Crippen LogP contribution in [0.2, 0.25) is 0 Å². The number of fused-ring (bicyclic) bond motifs is 2. The summed E-state index contributed by atoms with van der Waals surface area (Å²) in [6, 6.07) is 11.3. The molecule has 6 heteroatoms. The fourth-order valence-corrected chi connectivity index (χ4v) is 1.95. The van der Waals surface area contributed by atoms with Crippen LogP contribution in [0.15, 0.2) is 72.1 Å². The van der Waals surface area contributed by atoms with E-state index in [0.29, 0.717) is 11.3 Å².